The van der Waals surface area contributed by atoms with Gasteiger partial charge in [-0.25, -0.2) is 18.7 Å². The fourth-order valence-corrected chi connectivity index (χ4v) is 4.85. The van der Waals surface area contributed by atoms with Crippen molar-refractivity contribution in [1.82, 2.24) is 30.1 Å². The van der Waals surface area contributed by atoms with Gasteiger partial charge in [0.25, 0.3) is 0 Å². The van der Waals surface area contributed by atoms with Crippen molar-refractivity contribution >= 4 is 28.5 Å². The van der Waals surface area contributed by atoms with Crippen LogP contribution in [-0.2, 0) is 0 Å². The maximum Gasteiger partial charge on any atom is 0.404 e. The van der Waals surface area contributed by atoms with E-state index in [1.807, 2.05) is 31.0 Å². The van der Waals surface area contributed by atoms with Crippen LogP contribution >= 0.6 is 0 Å². The minimum atomic E-state index is -0.994. The van der Waals surface area contributed by atoms with Crippen molar-refractivity contribution in [1.29, 1.82) is 0 Å². The van der Waals surface area contributed by atoms with E-state index >= 15 is 4.39 Å². The molecular weight excluding hydrogens is 413 g/mol. The van der Waals surface area contributed by atoms with Crippen LogP contribution in [0.2, 0.25) is 0 Å². The first kappa shape index (κ1) is 18.9. The maximum absolute atomic E-state index is 15.1. The van der Waals surface area contributed by atoms with E-state index in [9.17, 15) is 4.79 Å². The lowest BCUT2D eigenvalue weighted by atomic mass is 10.1. The van der Waals surface area contributed by atoms with E-state index in [-0.39, 0.29) is 23.7 Å². The molecule has 2 aliphatic rings. The summed E-state index contributed by atoms with van der Waals surface area (Å²) in [5.41, 5.74) is 4.31. The number of imidazole rings is 1. The van der Waals surface area contributed by atoms with Crippen LogP contribution in [0.3, 0.4) is 0 Å². The van der Waals surface area contributed by atoms with Crippen LogP contribution in [-0.4, -0.2) is 55.1 Å². The maximum atomic E-state index is 15.1. The number of amides is 1. The molecule has 1 saturated heterocycles. The summed E-state index contributed by atoms with van der Waals surface area (Å²) in [4.78, 5) is 17.3. The van der Waals surface area contributed by atoms with Gasteiger partial charge in [-0.05, 0) is 43.7 Å². The molecule has 2 fully saturated rings. The number of fused-ring (bicyclic) bond motifs is 3. The quantitative estimate of drug-likeness (QED) is 0.511. The van der Waals surface area contributed by atoms with E-state index in [1.165, 1.54) is 6.07 Å². The van der Waals surface area contributed by atoms with Crippen LogP contribution in [0.4, 0.5) is 15.0 Å². The Bertz CT molecular complexity index is 1410. The predicted molar refractivity (Wildman–Crippen MR) is 115 cm³/mol. The molecule has 0 radical (unpaired) electrons. The first-order valence-corrected chi connectivity index (χ1v) is 10.4. The average molecular weight is 433 g/mol. The average Bonchev–Trinajstić information content (AvgIpc) is 3.08. The smallest absolute Gasteiger partial charge is 0.404 e. The molecule has 10 heteroatoms. The molecule has 0 bridgehead atoms. The number of nitrogens with zero attached hydrogens (tertiary/aromatic N) is 6. The monoisotopic (exact) mass is 433 g/mol. The van der Waals surface area contributed by atoms with Gasteiger partial charge in [0.2, 0.25) is 0 Å². The molecule has 1 aromatic carbocycles. The highest BCUT2D eigenvalue weighted by atomic mass is 19.1. The molecule has 2 unspecified atom stereocenters. The van der Waals surface area contributed by atoms with Crippen LogP contribution in [0.15, 0.2) is 30.5 Å². The van der Waals surface area contributed by atoms with Crippen molar-refractivity contribution in [3.63, 3.8) is 0 Å². The molecule has 1 aliphatic carbocycles. The number of halogens is 1. The van der Waals surface area contributed by atoms with E-state index < -0.39 is 6.09 Å². The molecular formula is C22H20FN7O2. The Morgan fingerprint density at radius 2 is 1.94 bits per heavy atom. The normalized spacial score (nSPS) is 21.8. The predicted octanol–water partition coefficient (Wildman–Crippen LogP) is 2.80. The number of piperidine rings is 1. The number of rotatable bonds is 3. The zero-order valence-corrected chi connectivity index (χ0v) is 17.4. The highest BCUT2D eigenvalue weighted by molar-refractivity contribution is 5.86. The van der Waals surface area contributed by atoms with Crippen molar-refractivity contribution in [3.8, 4) is 11.3 Å². The van der Waals surface area contributed by atoms with Gasteiger partial charge < -0.3 is 15.3 Å². The minimum absolute atomic E-state index is 0.00374. The largest absolute Gasteiger partial charge is 0.465 e. The third-order valence-electron chi connectivity index (χ3n) is 6.48. The molecule has 1 aliphatic heterocycles. The molecule has 1 saturated carbocycles. The SMILES string of the molecule is Cc1cn2nc(-c3cc(F)c4cc(N5CC6C(C5)C6NC(=O)O)nnc4c3)cc(C)c2n1. The van der Waals surface area contributed by atoms with Crippen molar-refractivity contribution in [3.05, 3.63) is 47.5 Å². The summed E-state index contributed by atoms with van der Waals surface area (Å²) in [6, 6.07) is 6.87. The fraction of sp³-hybridized carbons (Fsp3) is 0.318. The second-order valence-corrected chi connectivity index (χ2v) is 8.66. The zero-order chi connectivity index (χ0) is 22.1. The van der Waals surface area contributed by atoms with E-state index in [1.54, 1.807) is 16.6 Å². The van der Waals surface area contributed by atoms with E-state index in [0.29, 0.717) is 41.1 Å². The summed E-state index contributed by atoms with van der Waals surface area (Å²) in [6.45, 7) is 5.23. The van der Waals surface area contributed by atoms with Gasteiger partial charge in [-0.15, -0.1) is 10.2 Å². The van der Waals surface area contributed by atoms with Gasteiger partial charge in [0, 0.05) is 41.9 Å². The Hall–Kier alpha value is -3.82. The fourth-order valence-electron chi connectivity index (χ4n) is 4.85. The van der Waals surface area contributed by atoms with Gasteiger partial charge in [-0.3, -0.25) is 0 Å². The number of anilines is 1. The summed E-state index contributed by atoms with van der Waals surface area (Å²) >= 11 is 0. The minimum Gasteiger partial charge on any atom is -0.465 e. The number of carbonyl (C=O) groups is 1. The Balaban J connectivity index is 1.31. The highest BCUT2D eigenvalue weighted by Crippen LogP contribution is 2.46. The molecule has 6 rings (SSSR count). The molecule has 4 heterocycles. The molecule has 9 nitrogen and oxygen atoms in total. The molecule has 2 atom stereocenters. The standard InChI is InChI=1S/C22H20FN7O2/c1-10-3-17(28-30-7-11(2)24-21(10)30)12-4-16(23)13-6-19(27-26-18(13)5-12)29-8-14-15(9-29)20(14)25-22(31)32/h3-7,14-15,20,25H,8-9H2,1-2H3,(H,31,32). The van der Waals surface area contributed by atoms with Crippen molar-refractivity contribution in [2.24, 2.45) is 11.8 Å². The van der Waals surface area contributed by atoms with Gasteiger partial charge in [0.05, 0.1) is 23.1 Å². The number of hydrogen-bond acceptors (Lipinski definition) is 6. The second-order valence-electron chi connectivity index (χ2n) is 8.66. The topological polar surface area (TPSA) is 109 Å². The molecule has 162 valence electrons. The summed E-state index contributed by atoms with van der Waals surface area (Å²) < 4.78 is 16.8. The number of aromatic nitrogens is 5. The number of nitrogens with one attached hydrogen (secondary N) is 1. The van der Waals surface area contributed by atoms with Gasteiger partial charge in [0.15, 0.2) is 11.5 Å². The highest BCUT2D eigenvalue weighted by Gasteiger charge is 2.57. The Kier molecular flexibility index (Phi) is 3.89. The first-order chi connectivity index (χ1) is 15.4. The molecule has 3 aromatic heterocycles. The van der Waals surface area contributed by atoms with Crippen LogP contribution in [0.25, 0.3) is 27.8 Å². The summed E-state index contributed by atoms with van der Waals surface area (Å²) in [7, 11) is 0. The molecule has 1 amide bonds. The summed E-state index contributed by atoms with van der Waals surface area (Å²) in [5.74, 6) is 0.762. The summed E-state index contributed by atoms with van der Waals surface area (Å²) in [6.07, 6.45) is 0.846. The molecule has 2 N–H and O–H groups in total. The Morgan fingerprint density at radius 1 is 1.16 bits per heavy atom. The van der Waals surface area contributed by atoms with Gasteiger partial charge >= 0.3 is 6.09 Å². The number of hydrogen-bond donors (Lipinski definition) is 2. The van der Waals surface area contributed by atoms with E-state index in [0.717, 1.165) is 16.9 Å². The van der Waals surface area contributed by atoms with Crippen LogP contribution < -0.4 is 10.2 Å². The van der Waals surface area contributed by atoms with Crippen molar-refractivity contribution in [2.75, 3.05) is 18.0 Å². The van der Waals surface area contributed by atoms with Gasteiger partial charge in [0.1, 0.15) is 5.82 Å². The van der Waals surface area contributed by atoms with Crippen LogP contribution in [0.1, 0.15) is 11.3 Å². The molecule has 4 aromatic rings. The second kappa shape index (κ2) is 6.59. The number of carboxylic acid groups (broad SMARTS) is 1. The third kappa shape index (κ3) is 2.94. The van der Waals surface area contributed by atoms with E-state index in [2.05, 4.69) is 25.6 Å². The first-order valence-electron chi connectivity index (χ1n) is 10.4. The van der Waals surface area contributed by atoms with Crippen LogP contribution in [0, 0.1) is 31.5 Å². The number of benzene rings is 1. The lowest BCUT2D eigenvalue weighted by Gasteiger charge is -2.20. The molecule has 0 spiro atoms. The lowest BCUT2D eigenvalue weighted by Crippen LogP contribution is -2.34. The molecule has 32 heavy (non-hydrogen) atoms. The Labute approximate surface area is 181 Å². The van der Waals surface area contributed by atoms with Crippen molar-refractivity contribution < 1.29 is 14.3 Å². The summed E-state index contributed by atoms with van der Waals surface area (Å²) in [5, 5.41) is 25.0. The third-order valence-corrected chi connectivity index (χ3v) is 6.48. The lowest BCUT2D eigenvalue weighted by molar-refractivity contribution is 0.192. The van der Waals surface area contributed by atoms with E-state index in [4.69, 9.17) is 5.11 Å². The van der Waals surface area contributed by atoms with Crippen molar-refractivity contribution in [2.45, 2.75) is 19.9 Å². The van der Waals surface area contributed by atoms with Crippen LogP contribution in [0.5, 0.6) is 0 Å². The zero-order valence-electron chi connectivity index (χ0n) is 17.4. The number of aryl methyl sites for hydroxylation is 2. The van der Waals surface area contributed by atoms with Gasteiger partial charge in [-0.2, -0.15) is 5.10 Å². The Morgan fingerprint density at radius 3 is 2.69 bits per heavy atom. The van der Waals surface area contributed by atoms with Gasteiger partial charge in [-0.1, -0.05) is 0 Å².